The molecule has 4 nitrogen and oxygen atoms in total. The third-order valence-electron chi connectivity index (χ3n) is 3.61. The summed E-state index contributed by atoms with van der Waals surface area (Å²) in [4.78, 5) is 6.92. The number of hydrogen-bond donors (Lipinski definition) is 1. The van der Waals surface area contributed by atoms with Crippen LogP contribution in [0.5, 0.6) is 0 Å². The molecule has 0 saturated carbocycles. The fraction of sp³-hybridized carbons (Fsp3) is 0.500. The van der Waals surface area contributed by atoms with Gasteiger partial charge >= 0.3 is 0 Å². The van der Waals surface area contributed by atoms with E-state index in [0.717, 1.165) is 18.1 Å². The van der Waals surface area contributed by atoms with E-state index in [1.807, 2.05) is 14.1 Å². The van der Waals surface area contributed by atoms with Crippen molar-refractivity contribution >= 4 is 11.3 Å². The van der Waals surface area contributed by atoms with E-state index in [2.05, 4.69) is 39.1 Å². The van der Waals surface area contributed by atoms with Gasteiger partial charge in [0.05, 0.1) is 17.3 Å². The van der Waals surface area contributed by atoms with Crippen molar-refractivity contribution in [3.63, 3.8) is 0 Å². The van der Waals surface area contributed by atoms with Gasteiger partial charge in [0.1, 0.15) is 0 Å². The normalized spacial score (nSPS) is 20.2. The second kappa shape index (κ2) is 4.61. The Balaban J connectivity index is 2.06. The van der Waals surface area contributed by atoms with Crippen LogP contribution >= 0.6 is 0 Å². The number of anilines is 1. The zero-order valence-electron chi connectivity index (χ0n) is 11.1. The van der Waals surface area contributed by atoms with E-state index in [1.54, 1.807) is 0 Å². The summed E-state index contributed by atoms with van der Waals surface area (Å²) in [6, 6.07) is 4.59. The Kier molecular flexibility index (Phi) is 2.96. The molecular formula is C14H20N4. The maximum Gasteiger partial charge on any atom is 0.152 e. The number of aromatic nitrogens is 2. The van der Waals surface area contributed by atoms with Gasteiger partial charge in [-0.2, -0.15) is 0 Å². The highest BCUT2D eigenvalue weighted by Gasteiger charge is 2.18. The Morgan fingerprint density at radius 2 is 2.28 bits per heavy atom. The zero-order valence-corrected chi connectivity index (χ0v) is 11.1. The number of nitrogens with zero attached hydrogens (tertiary/aromatic N) is 3. The molecule has 0 aromatic carbocycles. The molecule has 0 bridgehead atoms. The Morgan fingerprint density at radius 1 is 1.39 bits per heavy atom. The van der Waals surface area contributed by atoms with E-state index in [-0.39, 0.29) is 0 Å². The SMILES string of the molecule is CN(C)c1nc(C2CCCCN2)cn2cccc12. The largest absolute Gasteiger partial charge is 0.361 e. The van der Waals surface area contributed by atoms with Crippen molar-refractivity contribution in [3.05, 3.63) is 30.2 Å². The van der Waals surface area contributed by atoms with Crippen molar-refractivity contribution < 1.29 is 0 Å². The van der Waals surface area contributed by atoms with Crippen LogP contribution in [-0.4, -0.2) is 30.0 Å². The van der Waals surface area contributed by atoms with Crippen molar-refractivity contribution in [2.45, 2.75) is 25.3 Å². The minimum Gasteiger partial charge on any atom is -0.361 e. The highest BCUT2D eigenvalue weighted by atomic mass is 15.2. The molecule has 3 rings (SSSR count). The highest BCUT2D eigenvalue weighted by molar-refractivity contribution is 5.69. The minimum atomic E-state index is 0.407. The van der Waals surface area contributed by atoms with Gasteiger partial charge in [0.15, 0.2) is 5.82 Å². The second-order valence-corrected chi connectivity index (χ2v) is 5.19. The number of piperidine rings is 1. The predicted molar refractivity (Wildman–Crippen MR) is 74.1 cm³/mol. The van der Waals surface area contributed by atoms with Crippen LogP contribution in [0.4, 0.5) is 5.82 Å². The molecule has 1 atom stereocenters. The lowest BCUT2D eigenvalue weighted by Crippen LogP contribution is -2.28. The lowest BCUT2D eigenvalue weighted by atomic mass is 10.0. The van der Waals surface area contributed by atoms with Gasteiger partial charge in [0, 0.05) is 26.5 Å². The van der Waals surface area contributed by atoms with Crippen LogP contribution in [0.15, 0.2) is 24.5 Å². The van der Waals surface area contributed by atoms with Crippen LogP contribution in [0, 0.1) is 0 Å². The maximum absolute atomic E-state index is 4.84. The molecule has 2 aromatic rings. The van der Waals surface area contributed by atoms with Gasteiger partial charge in [0.2, 0.25) is 0 Å². The third kappa shape index (κ3) is 1.97. The van der Waals surface area contributed by atoms with Gasteiger partial charge in [-0.05, 0) is 31.5 Å². The van der Waals surface area contributed by atoms with E-state index in [9.17, 15) is 0 Å². The summed E-state index contributed by atoms with van der Waals surface area (Å²) in [6.07, 6.45) is 8.01. The number of fused-ring (bicyclic) bond motifs is 1. The quantitative estimate of drug-likeness (QED) is 0.879. The molecular weight excluding hydrogens is 224 g/mol. The summed E-state index contributed by atoms with van der Waals surface area (Å²) < 4.78 is 2.17. The topological polar surface area (TPSA) is 32.6 Å². The molecule has 1 unspecified atom stereocenters. The van der Waals surface area contributed by atoms with Crippen molar-refractivity contribution in [1.82, 2.24) is 14.7 Å². The summed E-state index contributed by atoms with van der Waals surface area (Å²) in [6.45, 7) is 1.10. The van der Waals surface area contributed by atoms with Crippen LogP contribution < -0.4 is 10.2 Å². The number of rotatable bonds is 2. The Hall–Kier alpha value is -1.55. The number of hydrogen-bond acceptors (Lipinski definition) is 3. The van der Waals surface area contributed by atoms with E-state index >= 15 is 0 Å². The predicted octanol–water partition coefficient (Wildman–Crippen LogP) is 2.21. The molecule has 1 fully saturated rings. The minimum absolute atomic E-state index is 0.407. The maximum atomic E-state index is 4.84. The average molecular weight is 244 g/mol. The summed E-state index contributed by atoms with van der Waals surface area (Å²) in [5.41, 5.74) is 2.32. The molecule has 4 heteroatoms. The molecule has 1 aliphatic heterocycles. The summed E-state index contributed by atoms with van der Waals surface area (Å²) in [7, 11) is 4.10. The van der Waals surface area contributed by atoms with Gasteiger partial charge in [-0.1, -0.05) is 6.42 Å². The standard InChI is InChI=1S/C14H20N4/c1-17(2)14-13-7-5-9-18(13)10-12(16-14)11-6-3-4-8-15-11/h5,7,9-11,15H,3-4,6,8H2,1-2H3. The van der Waals surface area contributed by atoms with Gasteiger partial charge in [-0.25, -0.2) is 4.98 Å². The first kappa shape index (κ1) is 11.5. The first-order valence-corrected chi connectivity index (χ1v) is 6.64. The summed E-state index contributed by atoms with van der Waals surface area (Å²) >= 11 is 0. The molecule has 0 spiro atoms. The summed E-state index contributed by atoms with van der Waals surface area (Å²) in [5.74, 6) is 1.05. The molecule has 1 N–H and O–H groups in total. The Bertz CT molecular complexity index is 538. The van der Waals surface area contributed by atoms with Gasteiger partial charge < -0.3 is 14.6 Å². The monoisotopic (exact) mass is 244 g/mol. The van der Waals surface area contributed by atoms with E-state index in [1.165, 1.54) is 24.8 Å². The van der Waals surface area contributed by atoms with Crippen molar-refractivity contribution in [2.24, 2.45) is 0 Å². The first-order chi connectivity index (χ1) is 8.75. The number of nitrogens with one attached hydrogen (secondary N) is 1. The van der Waals surface area contributed by atoms with Crippen LogP contribution in [0.3, 0.4) is 0 Å². The summed E-state index contributed by atoms with van der Waals surface area (Å²) in [5, 5.41) is 3.56. The van der Waals surface area contributed by atoms with Crippen LogP contribution in [-0.2, 0) is 0 Å². The van der Waals surface area contributed by atoms with Crippen molar-refractivity contribution in [1.29, 1.82) is 0 Å². The molecule has 0 aliphatic carbocycles. The lowest BCUT2D eigenvalue weighted by Gasteiger charge is -2.24. The fourth-order valence-electron chi connectivity index (χ4n) is 2.65. The second-order valence-electron chi connectivity index (χ2n) is 5.19. The average Bonchev–Trinajstić information content (AvgIpc) is 2.86. The molecule has 1 aliphatic rings. The van der Waals surface area contributed by atoms with Gasteiger partial charge in [0.25, 0.3) is 0 Å². The van der Waals surface area contributed by atoms with Crippen LogP contribution in [0.25, 0.3) is 5.52 Å². The zero-order chi connectivity index (χ0) is 12.5. The Morgan fingerprint density at radius 3 is 3.00 bits per heavy atom. The fourth-order valence-corrected chi connectivity index (χ4v) is 2.65. The molecule has 2 aromatic heterocycles. The van der Waals surface area contributed by atoms with Crippen molar-refractivity contribution in [2.75, 3.05) is 25.5 Å². The third-order valence-corrected chi connectivity index (χ3v) is 3.61. The molecule has 0 radical (unpaired) electrons. The van der Waals surface area contributed by atoms with Gasteiger partial charge in [-0.15, -0.1) is 0 Å². The molecule has 1 saturated heterocycles. The molecule has 0 amide bonds. The Labute approximate surface area is 108 Å². The van der Waals surface area contributed by atoms with E-state index in [4.69, 9.17) is 4.98 Å². The lowest BCUT2D eigenvalue weighted by molar-refractivity contribution is 0.404. The molecule has 96 valence electrons. The van der Waals surface area contributed by atoms with E-state index < -0.39 is 0 Å². The highest BCUT2D eigenvalue weighted by Crippen LogP contribution is 2.25. The van der Waals surface area contributed by atoms with Gasteiger partial charge in [-0.3, -0.25) is 0 Å². The van der Waals surface area contributed by atoms with E-state index in [0.29, 0.717) is 6.04 Å². The van der Waals surface area contributed by atoms with Crippen LogP contribution in [0.2, 0.25) is 0 Å². The van der Waals surface area contributed by atoms with Crippen molar-refractivity contribution in [3.8, 4) is 0 Å². The van der Waals surface area contributed by atoms with Crippen LogP contribution in [0.1, 0.15) is 31.0 Å². The first-order valence-electron chi connectivity index (χ1n) is 6.64. The smallest absolute Gasteiger partial charge is 0.152 e. The molecule has 3 heterocycles. The molecule has 18 heavy (non-hydrogen) atoms.